The lowest BCUT2D eigenvalue weighted by molar-refractivity contribution is 0.0642. The van der Waals surface area contributed by atoms with Crippen LogP contribution in [0.2, 0.25) is 0 Å². The van der Waals surface area contributed by atoms with Gasteiger partial charge in [0, 0.05) is 13.0 Å². The smallest absolute Gasteiger partial charge is 0.106 e. The Morgan fingerprint density at radius 2 is 2.45 bits per heavy atom. The third-order valence-corrected chi connectivity index (χ3v) is 1.57. The predicted octanol–water partition coefficient (Wildman–Crippen LogP) is 0.532. The van der Waals surface area contributed by atoms with Crippen molar-refractivity contribution in [2.45, 2.75) is 18.9 Å². The maximum absolute atomic E-state index is 9.51. The Labute approximate surface area is 65.8 Å². The number of furan rings is 1. The van der Waals surface area contributed by atoms with Gasteiger partial charge in [0.15, 0.2) is 0 Å². The molecule has 3 N–H and O–H groups in total. The molecule has 1 aromatic heterocycles. The lowest BCUT2D eigenvalue weighted by Crippen LogP contribution is -2.36. The Morgan fingerprint density at radius 3 is 2.91 bits per heavy atom. The van der Waals surface area contributed by atoms with E-state index in [4.69, 9.17) is 10.2 Å². The molecule has 0 spiro atoms. The summed E-state index contributed by atoms with van der Waals surface area (Å²) < 4.78 is 5.06. The summed E-state index contributed by atoms with van der Waals surface area (Å²) in [5, 5.41) is 9.51. The molecule has 62 valence electrons. The molecule has 0 radical (unpaired) electrons. The fourth-order valence-corrected chi connectivity index (χ4v) is 0.861. The molecule has 0 amide bonds. The van der Waals surface area contributed by atoms with Gasteiger partial charge in [0.05, 0.1) is 11.9 Å². The van der Waals surface area contributed by atoms with Crippen LogP contribution in [0.1, 0.15) is 12.7 Å². The first-order chi connectivity index (χ1) is 5.14. The van der Waals surface area contributed by atoms with Crippen molar-refractivity contribution in [1.82, 2.24) is 0 Å². The van der Waals surface area contributed by atoms with E-state index in [0.29, 0.717) is 6.42 Å². The average Bonchev–Trinajstić information content (AvgIpc) is 2.39. The van der Waals surface area contributed by atoms with Gasteiger partial charge < -0.3 is 15.3 Å². The second kappa shape index (κ2) is 3.07. The van der Waals surface area contributed by atoms with Gasteiger partial charge in [0.1, 0.15) is 5.76 Å². The van der Waals surface area contributed by atoms with Gasteiger partial charge in [-0.1, -0.05) is 0 Å². The fraction of sp³-hybridized carbons (Fsp3) is 0.500. The molecule has 1 atom stereocenters. The van der Waals surface area contributed by atoms with E-state index in [9.17, 15) is 5.11 Å². The first-order valence-corrected chi connectivity index (χ1v) is 3.59. The van der Waals surface area contributed by atoms with E-state index in [1.165, 1.54) is 0 Å². The third-order valence-electron chi connectivity index (χ3n) is 1.57. The van der Waals surface area contributed by atoms with Crippen LogP contribution in [0.4, 0.5) is 0 Å². The molecule has 0 aromatic carbocycles. The Morgan fingerprint density at radius 1 is 1.73 bits per heavy atom. The molecule has 0 aliphatic carbocycles. The van der Waals surface area contributed by atoms with Crippen LogP contribution in [0.15, 0.2) is 22.8 Å². The molecule has 0 fully saturated rings. The highest BCUT2D eigenvalue weighted by atomic mass is 16.3. The van der Waals surface area contributed by atoms with E-state index in [2.05, 4.69) is 0 Å². The summed E-state index contributed by atoms with van der Waals surface area (Å²) in [5.41, 5.74) is 4.48. The Balaban J connectivity index is 2.56. The lowest BCUT2D eigenvalue weighted by Gasteiger charge is -2.18. The zero-order valence-corrected chi connectivity index (χ0v) is 6.58. The number of hydrogen-bond donors (Lipinski definition) is 2. The Kier molecular flexibility index (Phi) is 2.31. The molecule has 1 rings (SSSR count). The van der Waals surface area contributed by atoms with Gasteiger partial charge >= 0.3 is 0 Å². The molecule has 1 aromatic rings. The Bertz CT molecular complexity index is 204. The van der Waals surface area contributed by atoms with Crippen molar-refractivity contribution in [3.63, 3.8) is 0 Å². The van der Waals surface area contributed by atoms with Crippen LogP contribution in [-0.4, -0.2) is 17.3 Å². The fourth-order valence-electron chi connectivity index (χ4n) is 0.861. The van der Waals surface area contributed by atoms with Crippen molar-refractivity contribution in [1.29, 1.82) is 0 Å². The topological polar surface area (TPSA) is 59.4 Å². The van der Waals surface area contributed by atoms with Gasteiger partial charge in [-0.25, -0.2) is 0 Å². The number of rotatable bonds is 3. The number of nitrogens with two attached hydrogens (primary N) is 1. The van der Waals surface area contributed by atoms with E-state index in [1.54, 1.807) is 19.3 Å². The zero-order chi connectivity index (χ0) is 8.32. The molecule has 11 heavy (non-hydrogen) atoms. The quantitative estimate of drug-likeness (QED) is 0.669. The van der Waals surface area contributed by atoms with Crippen molar-refractivity contribution in [3.8, 4) is 0 Å². The van der Waals surface area contributed by atoms with Gasteiger partial charge in [-0.2, -0.15) is 0 Å². The average molecular weight is 155 g/mol. The summed E-state index contributed by atoms with van der Waals surface area (Å²) in [6, 6.07) is 3.62. The van der Waals surface area contributed by atoms with Crippen molar-refractivity contribution in [2.75, 3.05) is 6.54 Å². The van der Waals surface area contributed by atoms with E-state index < -0.39 is 5.60 Å². The summed E-state index contributed by atoms with van der Waals surface area (Å²) in [4.78, 5) is 0. The van der Waals surface area contributed by atoms with Crippen molar-refractivity contribution >= 4 is 0 Å². The van der Waals surface area contributed by atoms with Crippen molar-refractivity contribution in [3.05, 3.63) is 24.2 Å². The summed E-state index contributed by atoms with van der Waals surface area (Å²) in [5.74, 6) is 0.764. The minimum atomic E-state index is -0.849. The van der Waals surface area contributed by atoms with Crippen LogP contribution in [0.25, 0.3) is 0 Å². The van der Waals surface area contributed by atoms with E-state index >= 15 is 0 Å². The molecule has 3 heteroatoms. The van der Waals surface area contributed by atoms with E-state index in [1.807, 2.05) is 6.07 Å². The maximum atomic E-state index is 9.51. The lowest BCUT2D eigenvalue weighted by atomic mass is 10.0. The normalized spacial score (nSPS) is 16.3. The summed E-state index contributed by atoms with van der Waals surface area (Å²) >= 11 is 0. The van der Waals surface area contributed by atoms with Crippen LogP contribution in [-0.2, 0) is 6.42 Å². The Hall–Kier alpha value is -0.800. The van der Waals surface area contributed by atoms with Gasteiger partial charge in [-0.15, -0.1) is 0 Å². The van der Waals surface area contributed by atoms with Crippen LogP contribution in [0.5, 0.6) is 0 Å². The molecule has 0 aliphatic heterocycles. The van der Waals surface area contributed by atoms with Gasteiger partial charge in [-0.3, -0.25) is 0 Å². The summed E-state index contributed by atoms with van der Waals surface area (Å²) in [6.07, 6.45) is 2.05. The van der Waals surface area contributed by atoms with Crippen LogP contribution in [0.3, 0.4) is 0 Å². The molecule has 0 saturated heterocycles. The molecule has 0 saturated carbocycles. The monoisotopic (exact) mass is 155 g/mol. The molecule has 0 bridgehead atoms. The van der Waals surface area contributed by atoms with Crippen LogP contribution >= 0.6 is 0 Å². The highest BCUT2D eigenvalue weighted by Crippen LogP contribution is 2.11. The maximum Gasteiger partial charge on any atom is 0.106 e. The SMILES string of the molecule is CC(O)(CN)Cc1ccco1. The summed E-state index contributed by atoms with van der Waals surface area (Å²) in [7, 11) is 0. The predicted molar refractivity (Wildman–Crippen MR) is 42.1 cm³/mol. The molecule has 3 nitrogen and oxygen atoms in total. The minimum absolute atomic E-state index is 0.244. The molecular weight excluding hydrogens is 142 g/mol. The molecule has 1 unspecified atom stereocenters. The molecule has 1 heterocycles. The number of hydrogen-bond acceptors (Lipinski definition) is 3. The van der Waals surface area contributed by atoms with Gasteiger partial charge in [0.2, 0.25) is 0 Å². The standard InChI is InChI=1S/C8H13NO2/c1-8(10,6-9)5-7-3-2-4-11-7/h2-4,10H,5-6,9H2,1H3. The largest absolute Gasteiger partial charge is 0.469 e. The summed E-state index contributed by atoms with van der Waals surface area (Å²) in [6.45, 7) is 1.93. The second-order valence-corrected chi connectivity index (χ2v) is 2.96. The van der Waals surface area contributed by atoms with E-state index in [-0.39, 0.29) is 6.54 Å². The highest BCUT2D eigenvalue weighted by Gasteiger charge is 2.19. The van der Waals surface area contributed by atoms with Crippen LogP contribution < -0.4 is 5.73 Å². The minimum Gasteiger partial charge on any atom is -0.469 e. The third kappa shape index (κ3) is 2.37. The first kappa shape index (κ1) is 8.30. The van der Waals surface area contributed by atoms with E-state index in [0.717, 1.165) is 5.76 Å². The van der Waals surface area contributed by atoms with Gasteiger partial charge in [-0.05, 0) is 19.1 Å². The zero-order valence-electron chi connectivity index (χ0n) is 6.58. The molecular formula is C8H13NO2. The van der Waals surface area contributed by atoms with Crippen LogP contribution in [0, 0.1) is 0 Å². The van der Waals surface area contributed by atoms with Crippen molar-refractivity contribution in [2.24, 2.45) is 5.73 Å². The molecule has 0 aliphatic rings. The second-order valence-electron chi connectivity index (χ2n) is 2.96. The highest BCUT2D eigenvalue weighted by molar-refractivity contribution is 5.02. The van der Waals surface area contributed by atoms with Crippen molar-refractivity contribution < 1.29 is 9.52 Å². The first-order valence-electron chi connectivity index (χ1n) is 3.59. The number of aliphatic hydroxyl groups is 1. The van der Waals surface area contributed by atoms with Gasteiger partial charge in [0.25, 0.3) is 0 Å².